The molecule has 0 atom stereocenters. The second kappa shape index (κ2) is 10.1. The van der Waals surface area contributed by atoms with Crippen LogP contribution in [0.25, 0.3) is 6.08 Å². The lowest BCUT2D eigenvalue weighted by atomic mass is 10.2. The third-order valence-corrected chi connectivity index (χ3v) is 7.49. The molecule has 4 rings (SSSR count). The Balaban J connectivity index is 1.64. The normalized spacial score (nSPS) is 13.9. The Labute approximate surface area is 197 Å². The van der Waals surface area contributed by atoms with Gasteiger partial charge in [0.2, 0.25) is 5.91 Å². The summed E-state index contributed by atoms with van der Waals surface area (Å²) < 4.78 is 34.8. The molecule has 1 aliphatic heterocycles. The molecule has 0 bridgehead atoms. The summed E-state index contributed by atoms with van der Waals surface area (Å²) in [5.74, 6) is 0.0883. The minimum absolute atomic E-state index is 0.107. The Bertz CT molecular complexity index is 1250. The fourth-order valence-corrected chi connectivity index (χ4v) is 5.62. The molecule has 0 radical (unpaired) electrons. The van der Waals surface area contributed by atoms with E-state index in [4.69, 9.17) is 4.74 Å². The van der Waals surface area contributed by atoms with Crippen molar-refractivity contribution in [2.75, 3.05) is 35.1 Å². The number of ether oxygens (including phenoxy) is 1. The van der Waals surface area contributed by atoms with Gasteiger partial charge in [-0.25, -0.2) is 8.42 Å². The van der Waals surface area contributed by atoms with Gasteiger partial charge in [0.05, 0.1) is 18.5 Å². The Hall–Kier alpha value is -3.30. The number of nitrogens with one attached hydrogen (secondary N) is 2. The molecular formula is C24H25N3O4S2. The number of anilines is 3. The molecule has 7 nitrogen and oxygen atoms in total. The topological polar surface area (TPSA) is 87.7 Å². The lowest BCUT2D eigenvalue weighted by Gasteiger charge is -2.22. The van der Waals surface area contributed by atoms with E-state index in [-0.39, 0.29) is 10.8 Å². The molecule has 9 heteroatoms. The van der Waals surface area contributed by atoms with Crippen molar-refractivity contribution < 1.29 is 17.9 Å². The molecule has 0 saturated carbocycles. The number of carbonyl (C=O) groups excluding carboxylic acids is 1. The van der Waals surface area contributed by atoms with E-state index in [2.05, 4.69) is 14.9 Å². The van der Waals surface area contributed by atoms with Gasteiger partial charge in [-0.15, -0.1) is 11.3 Å². The highest BCUT2D eigenvalue weighted by Crippen LogP contribution is 2.34. The minimum atomic E-state index is -3.96. The number of nitrogens with zero attached hydrogens (tertiary/aromatic N) is 1. The van der Waals surface area contributed by atoms with Gasteiger partial charge in [0, 0.05) is 29.7 Å². The lowest BCUT2D eigenvalue weighted by Crippen LogP contribution is -2.23. The average molecular weight is 484 g/mol. The number of amides is 1. The highest BCUT2D eigenvalue weighted by molar-refractivity contribution is 7.93. The Morgan fingerprint density at radius 1 is 1.09 bits per heavy atom. The Morgan fingerprint density at radius 2 is 1.88 bits per heavy atom. The predicted octanol–water partition coefficient (Wildman–Crippen LogP) is 4.81. The zero-order valence-electron chi connectivity index (χ0n) is 18.2. The number of hydrogen-bond donors (Lipinski definition) is 2. The van der Waals surface area contributed by atoms with Gasteiger partial charge >= 0.3 is 0 Å². The highest BCUT2D eigenvalue weighted by atomic mass is 32.2. The van der Waals surface area contributed by atoms with E-state index >= 15 is 0 Å². The van der Waals surface area contributed by atoms with Crippen LogP contribution in [0.1, 0.15) is 17.7 Å². The zero-order chi connectivity index (χ0) is 23.3. The summed E-state index contributed by atoms with van der Waals surface area (Å²) in [6, 6.07) is 15.6. The smallest absolute Gasteiger partial charge is 0.264 e. The van der Waals surface area contributed by atoms with Crippen LogP contribution >= 0.6 is 11.3 Å². The first-order valence-electron chi connectivity index (χ1n) is 10.5. The zero-order valence-corrected chi connectivity index (χ0v) is 19.8. The van der Waals surface area contributed by atoms with Crippen LogP contribution in [0.5, 0.6) is 5.75 Å². The maximum atomic E-state index is 13.4. The Kier molecular flexibility index (Phi) is 7.00. The lowest BCUT2D eigenvalue weighted by molar-refractivity contribution is -0.111. The molecule has 1 fully saturated rings. The van der Waals surface area contributed by atoms with Crippen molar-refractivity contribution in [1.29, 1.82) is 0 Å². The molecule has 2 heterocycles. The van der Waals surface area contributed by atoms with E-state index < -0.39 is 10.0 Å². The van der Waals surface area contributed by atoms with Gasteiger partial charge < -0.3 is 15.0 Å². The van der Waals surface area contributed by atoms with E-state index in [9.17, 15) is 13.2 Å². The SMILES string of the molecule is COc1ccccc1NS(=O)(=O)c1cc(NC(=O)/C=C\c2cccs2)ccc1N1CCCC1. The number of methoxy groups -OCH3 is 1. The summed E-state index contributed by atoms with van der Waals surface area (Å²) in [4.78, 5) is 15.5. The van der Waals surface area contributed by atoms with E-state index in [1.165, 1.54) is 30.6 Å². The second-order valence-corrected chi connectivity index (χ2v) is 10.2. The molecule has 1 aromatic heterocycles. The van der Waals surface area contributed by atoms with Crippen molar-refractivity contribution in [3.63, 3.8) is 0 Å². The fourth-order valence-electron chi connectivity index (χ4n) is 3.68. The summed E-state index contributed by atoms with van der Waals surface area (Å²) in [5.41, 5.74) is 1.36. The fraction of sp³-hybridized carbons (Fsp3) is 0.208. The minimum Gasteiger partial charge on any atom is -0.495 e. The van der Waals surface area contributed by atoms with Crippen molar-refractivity contribution >= 4 is 50.4 Å². The number of sulfonamides is 1. The molecule has 1 amide bonds. The molecule has 3 aromatic rings. The first-order chi connectivity index (χ1) is 16.0. The molecule has 1 aliphatic rings. The van der Waals surface area contributed by atoms with Gasteiger partial charge in [-0.05, 0) is 60.7 Å². The van der Waals surface area contributed by atoms with E-state index in [0.717, 1.165) is 30.8 Å². The second-order valence-electron chi connectivity index (χ2n) is 7.52. The first kappa shape index (κ1) is 22.9. The van der Waals surface area contributed by atoms with Gasteiger partial charge in [0.1, 0.15) is 10.6 Å². The van der Waals surface area contributed by atoms with Gasteiger partial charge in [0.25, 0.3) is 10.0 Å². The number of rotatable bonds is 8. The third kappa shape index (κ3) is 5.55. The standard InChI is InChI=1S/C24H25N3O4S2/c1-31-22-9-3-2-8-20(22)26-33(29,30)23-17-18(10-12-21(23)27-14-4-5-15-27)25-24(28)13-11-19-7-6-16-32-19/h2-3,6-13,16-17,26H,4-5,14-15H2,1H3,(H,25,28)/b13-11-. The number of carbonyl (C=O) groups is 1. The summed E-state index contributed by atoms with van der Waals surface area (Å²) >= 11 is 1.53. The summed E-state index contributed by atoms with van der Waals surface area (Å²) in [6.45, 7) is 1.57. The van der Waals surface area contributed by atoms with Crippen LogP contribution in [0.15, 0.2) is 70.9 Å². The molecule has 0 unspecified atom stereocenters. The molecule has 2 aromatic carbocycles. The van der Waals surface area contributed by atoms with Crippen LogP contribution in [-0.4, -0.2) is 34.5 Å². The first-order valence-corrected chi connectivity index (χ1v) is 12.9. The van der Waals surface area contributed by atoms with Crippen LogP contribution in [0.2, 0.25) is 0 Å². The summed E-state index contributed by atoms with van der Waals surface area (Å²) in [5, 5.41) is 4.70. The number of benzene rings is 2. The summed E-state index contributed by atoms with van der Waals surface area (Å²) in [7, 11) is -2.47. The van der Waals surface area contributed by atoms with Crippen LogP contribution in [-0.2, 0) is 14.8 Å². The number of thiophene rings is 1. The molecule has 1 saturated heterocycles. The van der Waals surface area contributed by atoms with Crippen molar-refractivity contribution in [3.8, 4) is 5.75 Å². The van der Waals surface area contributed by atoms with Crippen LogP contribution in [0.3, 0.4) is 0 Å². The quantitative estimate of drug-likeness (QED) is 0.449. The largest absolute Gasteiger partial charge is 0.495 e. The van der Waals surface area contributed by atoms with E-state index in [1.54, 1.807) is 42.5 Å². The summed E-state index contributed by atoms with van der Waals surface area (Å²) in [6.07, 6.45) is 5.16. The molecule has 172 valence electrons. The van der Waals surface area contributed by atoms with Crippen molar-refractivity contribution in [1.82, 2.24) is 0 Å². The third-order valence-electron chi connectivity index (χ3n) is 5.26. The highest BCUT2D eigenvalue weighted by Gasteiger charge is 2.25. The number of para-hydroxylation sites is 2. The monoisotopic (exact) mass is 483 g/mol. The maximum Gasteiger partial charge on any atom is 0.264 e. The van der Waals surface area contributed by atoms with Crippen molar-refractivity contribution in [2.24, 2.45) is 0 Å². The van der Waals surface area contributed by atoms with Crippen LogP contribution in [0, 0.1) is 0 Å². The molecule has 0 aliphatic carbocycles. The average Bonchev–Trinajstić information content (AvgIpc) is 3.52. The molecular weight excluding hydrogens is 458 g/mol. The molecule has 33 heavy (non-hydrogen) atoms. The predicted molar refractivity (Wildman–Crippen MR) is 134 cm³/mol. The van der Waals surface area contributed by atoms with E-state index in [0.29, 0.717) is 22.8 Å². The van der Waals surface area contributed by atoms with Gasteiger partial charge in [0.15, 0.2) is 0 Å². The number of hydrogen-bond acceptors (Lipinski definition) is 6. The van der Waals surface area contributed by atoms with Crippen molar-refractivity contribution in [2.45, 2.75) is 17.7 Å². The van der Waals surface area contributed by atoms with Crippen molar-refractivity contribution in [3.05, 3.63) is 70.9 Å². The van der Waals surface area contributed by atoms with E-state index in [1.807, 2.05) is 17.5 Å². The molecule has 0 spiro atoms. The van der Waals surface area contributed by atoms with Crippen LogP contribution in [0.4, 0.5) is 17.1 Å². The van der Waals surface area contributed by atoms with Gasteiger partial charge in [-0.2, -0.15) is 0 Å². The Morgan fingerprint density at radius 3 is 2.61 bits per heavy atom. The van der Waals surface area contributed by atoms with Gasteiger partial charge in [-0.1, -0.05) is 18.2 Å². The van der Waals surface area contributed by atoms with Gasteiger partial charge in [-0.3, -0.25) is 9.52 Å². The van der Waals surface area contributed by atoms with Crippen LogP contribution < -0.4 is 19.7 Å². The molecule has 2 N–H and O–H groups in total. The maximum absolute atomic E-state index is 13.4.